The third kappa shape index (κ3) is 4.00. The first-order valence-electron chi connectivity index (χ1n) is 7.24. The summed E-state index contributed by atoms with van der Waals surface area (Å²) < 4.78 is 38.0. The normalized spacial score (nSPS) is 18.1. The van der Waals surface area contributed by atoms with Crippen LogP contribution in [0.15, 0.2) is 18.2 Å². The van der Waals surface area contributed by atoms with Crippen molar-refractivity contribution >= 4 is 11.8 Å². The van der Waals surface area contributed by atoms with Gasteiger partial charge in [0.15, 0.2) is 0 Å². The van der Waals surface area contributed by atoms with E-state index in [0.717, 1.165) is 6.07 Å². The summed E-state index contributed by atoms with van der Waals surface area (Å²) in [5.41, 5.74) is -0.974. The van der Waals surface area contributed by atoms with Crippen LogP contribution >= 0.6 is 0 Å². The molecule has 1 unspecified atom stereocenters. The lowest BCUT2D eigenvalue weighted by molar-refractivity contribution is -0.142. The number of alkyl halides is 3. The molecule has 0 aromatic carbocycles. The van der Waals surface area contributed by atoms with Gasteiger partial charge in [-0.25, -0.2) is 4.98 Å². The van der Waals surface area contributed by atoms with E-state index in [1.165, 1.54) is 21.9 Å². The predicted octanol–water partition coefficient (Wildman–Crippen LogP) is 1.72. The van der Waals surface area contributed by atoms with Crippen LogP contribution in [0.1, 0.15) is 24.2 Å². The van der Waals surface area contributed by atoms with Crippen LogP contribution in [-0.2, 0) is 22.2 Å². The molecule has 5 nitrogen and oxygen atoms in total. The number of hydrogen-bond acceptors (Lipinski definition) is 3. The lowest BCUT2D eigenvalue weighted by atomic mass is 10.1. The zero-order chi connectivity index (χ0) is 17.2. The molecule has 126 valence electrons. The number of likely N-dealkylation sites (N-methyl/N-ethyl adjacent to an activating group) is 1. The van der Waals surface area contributed by atoms with Gasteiger partial charge >= 0.3 is 6.18 Å². The average molecular weight is 329 g/mol. The number of rotatable bonds is 3. The monoisotopic (exact) mass is 329 g/mol. The number of likely N-dealkylation sites (tertiary alicyclic amines) is 1. The van der Waals surface area contributed by atoms with Crippen LogP contribution in [0.2, 0.25) is 0 Å². The van der Waals surface area contributed by atoms with Crippen molar-refractivity contribution in [1.82, 2.24) is 14.8 Å². The molecule has 2 amide bonds. The topological polar surface area (TPSA) is 53.5 Å². The van der Waals surface area contributed by atoms with E-state index in [9.17, 15) is 22.8 Å². The van der Waals surface area contributed by atoms with Gasteiger partial charge in [0, 0.05) is 20.6 Å². The lowest BCUT2D eigenvalue weighted by Crippen LogP contribution is -2.46. The predicted molar refractivity (Wildman–Crippen MR) is 76.4 cm³/mol. The summed E-state index contributed by atoms with van der Waals surface area (Å²) in [5, 5.41) is 0. The first-order valence-corrected chi connectivity index (χ1v) is 7.24. The zero-order valence-corrected chi connectivity index (χ0v) is 12.9. The van der Waals surface area contributed by atoms with E-state index in [1.54, 1.807) is 14.1 Å². The minimum atomic E-state index is -4.55. The molecule has 23 heavy (non-hydrogen) atoms. The molecular weight excluding hydrogens is 311 g/mol. The van der Waals surface area contributed by atoms with Crippen LogP contribution < -0.4 is 0 Å². The molecule has 0 spiro atoms. The third-order valence-electron chi connectivity index (χ3n) is 3.73. The van der Waals surface area contributed by atoms with Crippen molar-refractivity contribution in [2.75, 3.05) is 20.6 Å². The first-order chi connectivity index (χ1) is 10.7. The first kappa shape index (κ1) is 17.2. The minimum absolute atomic E-state index is 0.0489. The van der Waals surface area contributed by atoms with E-state index in [4.69, 9.17) is 0 Å². The Balaban J connectivity index is 2.11. The highest BCUT2D eigenvalue weighted by Crippen LogP contribution is 2.27. The van der Waals surface area contributed by atoms with Crippen molar-refractivity contribution in [1.29, 1.82) is 0 Å². The van der Waals surface area contributed by atoms with Crippen molar-refractivity contribution < 1.29 is 22.8 Å². The SMILES string of the molecule is CN(C)C(=O)C1CCCN1C(=O)Cc1cccc(C(F)(F)F)n1. The maximum Gasteiger partial charge on any atom is 0.433 e. The molecule has 1 aromatic heterocycles. The summed E-state index contributed by atoms with van der Waals surface area (Å²) in [5.74, 6) is -0.553. The third-order valence-corrected chi connectivity index (χ3v) is 3.73. The quantitative estimate of drug-likeness (QED) is 0.848. The van der Waals surface area contributed by atoms with Gasteiger partial charge in [-0.15, -0.1) is 0 Å². The van der Waals surface area contributed by atoms with E-state index in [1.807, 2.05) is 0 Å². The highest BCUT2D eigenvalue weighted by molar-refractivity contribution is 5.88. The Morgan fingerprint density at radius 3 is 2.65 bits per heavy atom. The fourth-order valence-corrected chi connectivity index (χ4v) is 2.61. The van der Waals surface area contributed by atoms with Gasteiger partial charge in [0.1, 0.15) is 11.7 Å². The van der Waals surface area contributed by atoms with Crippen molar-refractivity contribution in [3.63, 3.8) is 0 Å². The van der Waals surface area contributed by atoms with E-state index in [2.05, 4.69) is 4.98 Å². The van der Waals surface area contributed by atoms with Gasteiger partial charge in [-0.2, -0.15) is 13.2 Å². The van der Waals surface area contributed by atoms with Crippen LogP contribution in [-0.4, -0.2) is 53.3 Å². The van der Waals surface area contributed by atoms with Crippen molar-refractivity contribution in [2.45, 2.75) is 31.5 Å². The Kier molecular flexibility index (Phi) is 4.91. The molecular formula is C15H18F3N3O2. The van der Waals surface area contributed by atoms with Gasteiger partial charge in [0.25, 0.3) is 0 Å². The highest BCUT2D eigenvalue weighted by Gasteiger charge is 2.36. The molecule has 0 radical (unpaired) electrons. The van der Waals surface area contributed by atoms with E-state index in [0.29, 0.717) is 19.4 Å². The summed E-state index contributed by atoms with van der Waals surface area (Å²) in [7, 11) is 3.22. The minimum Gasteiger partial charge on any atom is -0.347 e. The fraction of sp³-hybridized carbons (Fsp3) is 0.533. The number of carbonyl (C=O) groups is 2. The van der Waals surface area contributed by atoms with Gasteiger partial charge in [-0.3, -0.25) is 9.59 Å². The van der Waals surface area contributed by atoms with Crippen LogP contribution in [0.25, 0.3) is 0 Å². The molecule has 0 saturated carbocycles. The van der Waals surface area contributed by atoms with Gasteiger partial charge in [0.2, 0.25) is 11.8 Å². The second-order valence-corrected chi connectivity index (χ2v) is 5.67. The van der Waals surface area contributed by atoms with Crippen LogP contribution in [0.3, 0.4) is 0 Å². The Hall–Kier alpha value is -2.12. The highest BCUT2D eigenvalue weighted by atomic mass is 19.4. The standard InChI is InChI=1S/C15H18F3N3O2/c1-20(2)14(23)11-6-4-8-21(11)13(22)9-10-5-3-7-12(19-10)15(16,17)18/h3,5,7,11H,4,6,8-9H2,1-2H3. The zero-order valence-electron chi connectivity index (χ0n) is 12.9. The average Bonchev–Trinajstić information content (AvgIpc) is 2.95. The Labute approximate surface area is 132 Å². The van der Waals surface area contributed by atoms with Crippen LogP contribution in [0, 0.1) is 0 Å². The number of aromatic nitrogens is 1. The molecule has 2 rings (SSSR count). The fourth-order valence-electron chi connectivity index (χ4n) is 2.61. The summed E-state index contributed by atoms with van der Waals surface area (Å²) in [6.45, 7) is 0.433. The molecule has 8 heteroatoms. The smallest absolute Gasteiger partial charge is 0.347 e. The summed E-state index contributed by atoms with van der Waals surface area (Å²) >= 11 is 0. The van der Waals surface area contributed by atoms with Crippen molar-refractivity contribution in [2.24, 2.45) is 0 Å². The number of pyridine rings is 1. The molecule has 1 saturated heterocycles. The van der Waals surface area contributed by atoms with Crippen molar-refractivity contribution in [3.05, 3.63) is 29.6 Å². The number of carbonyl (C=O) groups excluding carboxylic acids is 2. The molecule has 1 aliphatic heterocycles. The Morgan fingerprint density at radius 1 is 1.35 bits per heavy atom. The maximum absolute atomic E-state index is 12.7. The molecule has 0 N–H and O–H groups in total. The number of halogens is 3. The Bertz CT molecular complexity index is 602. The lowest BCUT2D eigenvalue weighted by Gasteiger charge is -2.26. The van der Waals surface area contributed by atoms with E-state index in [-0.39, 0.29) is 23.9 Å². The molecule has 2 heterocycles. The van der Waals surface area contributed by atoms with Gasteiger partial charge < -0.3 is 9.80 Å². The molecule has 1 atom stereocenters. The molecule has 0 bridgehead atoms. The molecule has 1 aromatic rings. The van der Waals surface area contributed by atoms with Crippen molar-refractivity contribution in [3.8, 4) is 0 Å². The molecule has 1 aliphatic rings. The van der Waals surface area contributed by atoms with E-state index >= 15 is 0 Å². The number of hydrogen-bond donors (Lipinski definition) is 0. The summed E-state index contributed by atoms with van der Waals surface area (Å²) in [4.78, 5) is 30.8. The molecule has 1 fully saturated rings. The second-order valence-electron chi connectivity index (χ2n) is 5.67. The van der Waals surface area contributed by atoms with Gasteiger partial charge in [0.05, 0.1) is 12.1 Å². The van der Waals surface area contributed by atoms with E-state index < -0.39 is 17.9 Å². The number of amides is 2. The molecule has 0 aliphatic carbocycles. The van der Waals surface area contributed by atoms with Crippen LogP contribution in [0.5, 0.6) is 0 Å². The van der Waals surface area contributed by atoms with Gasteiger partial charge in [-0.1, -0.05) is 6.07 Å². The largest absolute Gasteiger partial charge is 0.433 e. The summed E-state index contributed by atoms with van der Waals surface area (Å²) in [6, 6.07) is 2.93. The van der Waals surface area contributed by atoms with Crippen LogP contribution in [0.4, 0.5) is 13.2 Å². The maximum atomic E-state index is 12.7. The Morgan fingerprint density at radius 2 is 2.04 bits per heavy atom. The number of nitrogens with zero attached hydrogens (tertiary/aromatic N) is 3. The second kappa shape index (κ2) is 6.55. The summed E-state index contributed by atoms with van der Waals surface area (Å²) in [6.07, 6.45) is -3.53. The van der Waals surface area contributed by atoms with Gasteiger partial charge in [-0.05, 0) is 25.0 Å².